The molecule has 0 unspecified atom stereocenters. The van der Waals surface area contributed by atoms with Crippen LogP contribution in [-0.4, -0.2) is 41.9 Å². The maximum absolute atomic E-state index is 13.4. The molecule has 7 heteroatoms. The molecule has 2 aromatic rings. The van der Waals surface area contributed by atoms with Crippen molar-refractivity contribution in [1.82, 2.24) is 4.90 Å². The van der Waals surface area contributed by atoms with E-state index < -0.39 is 24.2 Å². The molecule has 0 radical (unpaired) electrons. The number of ether oxygens (including phenoxy) is 2. The van der Waals surface area contributed by atoms with Gasteiger partial charge in [-0.1, -0.05) is 52.3 Å². The van der Waals surface area contributed by atoms with Gasteiger partial charge in [-0.2, -0.15) is 0 Å². The molecule has 29 heavy (non-hydrogen) atoms. The predicted molar refractivity (Wildman–Crippen MR) is 106 cm³/mol. The molecule has 148 valence electrons. The zero-order valence-corrected chi connectivity index (χ0v) is 17.0. The molecule has 0 spiro atoms. The van der Waals surface area contributed by atoms with E-state index in [-0.39, 0.29) is 30.8 Å². The third-order valence-corrected chi connectivity index (χ3v) is 6.49. The molecule has 3 aliphatic heterocycles. The first kappa shape index (κ1) is 18.5. The Hall–Kier alpha value is -2.51. The molecule has 2 amide bonds. The van der Waals surface area contributed by atoms with Gasteiger partial charge < -0.3 is 9.47 Å². The average Bonchev–Trinajstić information content (AvgIpc) is 3.30. The monoisotopic (exact) mass is 455 g/mol. The number of nitrogens with zero attached hydrogens (tertiary/aromatic N) is 1. The Morgan fingerprint density at radius 3 is 2.55 bits per heavy atom. The largest absolute Gasteiger partial charge is 0.447 e. The fourth-order valence-corrected chi connectivity index (χ4v) is 4.88. The van der Waals surface area contributed by atoms with Gasteiger partial charge in [-0.3, -0.25) is 9.59 Å². The topological polar surface area (TPSA) is 72.9 Å². The van der Waals surface area contributed by atoms with Crippen LogP contribution >= 0.6 is 15.9 Å². The SMILES string of the molecule is O=C1c2ccccc2[C@H]2O[C@@H]1[C@H](Cc1ccc(Br)cc1)[C@H]2C(=O)N1CCOC1=O. The van der Waals surface area contributed by atoms with Crippen molar-refractivity contribution in [1.29, 1.82) is 0 Å². The fourth-order valence-electron chi connectivity index (χ4n) is 4.61. The molecule has 2 aromatic carbocycles. The van der Waals surface area contributed by atoms with Crippen LogP contribution in [0.4, 0.5) is 4.79 Å². The minimum atomic E-state index is -0.703. The van der Waals surface area contributed by atoms with Crippen molar-refractivity contribution in [2.45, 2.75) is 18.6 Å². The van der Waals surface area contributed by atoms with Gasteiger partial charge in [0, 0.05) is 16.0 Å². The highest BCUT2D eigenvalue weighted by Gasteiger charge is 2.57. The molecule has 0 saturated carbocycles. The summed E-state index contributed by atoms with van der Waals surface area (Å²) >= 11 is 3.43. The summed E-state index contributed by atoms with van der Waals surface area (Å²) in [5, 5.41) is 0. The number of fused-ring (bicyclic) bond motifs is 4. The third kappa shape index (κ3) is 3.00. The van der Waals surface area contributed by atoms with E-state index in [0.29, 0.717) is 12.0 Å². The molecule has 0 aliphatic carbocycles. The van der Waals surface area contributed by atoms with E-state index in [1.54, 1.807) is 6.07 Å². The maximum atomic E-state index is 13.4. The lowest BCUT2D eigenvalue weighted by Gasteiger charge is -2.25. The molecule has 2 bridgehead atoms. The Kier molecular flexibility index (Phi) is 4.52. The van der Waals surface area contributed by atoms with Gasteiger partial charge in [-0.05, 0) is 29.7 Å². The second kappa shape index (κ2) is 7.07. The maximum Gasteiger partial charge on any atom is 0.416 e. The van der Waals surface area contributed by atoms with Gasteiger partial charge in [-0.25, -0.2) is 9.69 Å². The third-order valence-electron chi connectivity index (χ3n) is 5.96. The van der Waals surface area contributed by atoms with E-state index in [2.05, 4.69) is 15.9 Å². The molecule has 4 atom stereocenters. The first-order valence-electron chi connectivity index (χ1n) is 9.56. The number of hydrogen-bond acceptors (Lipinski definition) is 5. The van der Waals surface area contributed by atoms with Gasteiger partial charge in [0.25, 0.3) is 0 Å². The quantitative estimate of drug-likeness (QED) is 0.707. The number of rotatable bonds is 3. The molecule has 0 N–H and O–H groups in total. The van der Waals surface area contributed by atoms with Crippen LogP contribution in [0.25, 0.3) is 0 Å². The number of imide groups is 1. The minimum absolute atomic E-state index is 0.0988. The molecule has 3 heterocycles. The van der Waals surface area contributed by atoms with Crippen molar-refractivity contribution in [3.05, 3.63) is 69.7 Å². The fraction of sp³-hybridized carbons (Fsp3) is 0.318. The standard InChI is InChI=1S/C22H18BrNO5/c23-13-7-5-12(6-8-13)11-16-17(21(26)24-9-10-28-22(24)27)19-15-4-2-1-3-14(15)18(25)20(16)29-19/h1-8,16-17,19-20H,9-11H2/t16-,17-,19-,20-/m1/s1. The first-order chi connectivity index (χ1) is 14.0. The van der Waals surface area contributed by atoms with E-state index in [1.165, 1.54) is 0 Å². The van der Waals surface area contributed by atoms with Crippen LogP contribution in [0.2, 0.25) is 0 Å². The number of carbonyl (C=O) groups is 3. The average molecular weight is 456 g/mol. The summed E-state index contributed by atoms with van der Waals surface area (Å²) < 4.78 is 12.0. The minimum Gasteiger partial charge on any atom is -0.447 e. The van der Waals surface area contributed by atoms with Crippen molar-refractivity contribution < 1.29 is 23.9 Å². The summed E-state index contributed by atoms with van der Waals surface area (Å²) in [5.74, 6) is -1.41. The Morgan fingerprint density at radius 1 is 1.07 bits per heavy atom. The van der Waals surface area contributed by atoms with Gasteiger partial charge in [0.05, 0.1) is 18.6 Å². The van der Waals surface area contributed by atoms with Gasteiger partial charge in [0.1, 0.15) is 12.7 Å². The smallest absolute Gasteiger partial charge is 0.416 e. The number of amides is 2. The van der Waals surface area contributed by atoms with Crippen LogP contribution in [0.1, 0.15) is 27.6 Å². The number of halogens is 1. The summed E-state index contributed by atoms with van der Waals surface area (Å²) in [6, 6.07) is 15.1. The van der Waals surface area contributed by atoms with Crippen molar-refractivity contribution in [2.75, 3.05) is 13.2 Å². The number of ketones is 1. The van der Waals surface area contributed by atoms with Crippen LogP contribution < -0.4 is 0 Å². The van der Waals surface area contributed by atoms with Gasteiger partial charge in [0.15, 0.2) is 5.78 Å². The van der Waals surface area contributed by atoms with E-state index in [4.69, 9.17) is 9.47 Å². The van der Waals surface area contributed by atoms with Crippen LogP contribution in [0, 0.1) is 11.8 Å². The van der Waals surface area contributed by atoms with Crippen LogP contribution in [0.15, 0.2) is 53.0 Å². The normalized spacial score (nSPS) is 27.7. The van der Waals surface area contributed by atoms with E-state index in [9.17, 15) is 14.4 Å². The van der Waals surface area contributed by atoms with Crippen molar-refractivity contribution in [2.24, 2.45) is 11.8 Å². The summed E-state index contributed by atoms with van der Waals surface area (Å²) in [5.41, 5.74) is 2.33. The lowest BCUT2D eigenvalue weighted by molar-refractivity contribution is -0.134. The summed E-state index contributed by atoms with van der Waals surface area (Å²) in [6.07, 6.45) is -1.37. The molecule has 2 saturated heterocycles. The van der Waals surface area contributed by atoms with E-state index >= 15 is 0 Å². The highest BCUT2D eigenvalue weighted by molar-refractivity contribution is 9.10. The predicted octanol–water partition coefficient (Wildman–Crippen LogP) is 3.54. The Bertz CT molecular complexity index is 1000. The first-order valence-corrected chi connectivity index (χ1v) is 10.3. The zero-order valence-electron chi connectivity index (χ0n) is 15.4. The Balaban J connectivity index is 1.56. The number of benzene rings is 2. The van der Waals surface area contributed by atoms with Crippen LogP contribution in [0.3, 0.4) is 0 Å². The highest BCUT2D eigenvalue weighted by Crippen LogP contribution is 2.50. The van der Waals surface area contributed by atoms with Gasteiger partial charge >= 0.3 is 6.09 Å². The van der Waals surface area contributed by atoms with E-state index in [1.807, 2.05) is 42.5 Å². The number of carbonyl (C=O) groups excluding carboxylic acids is 3. The molecule has 3 aliphatic rings. The molecular formula is C22H18BrNO5. The number of Topliss-reactive ketones (excluding diaryl/α,β-unsaturated/α-hetero) is 1. The molecule has 0 aromatic heterocycles. The number of cyclic esters (lactones) is 1. The van der Waals surface area contributed by atoms with Crippen molar-refractivity contribution in [3.8, 4) is 0 Å². The highest BCUT2D eigenvalue weighted by atomic mass is 79.9. The zero-order chi connectivity index (χ0) is 20.1. The Morgan fingerprint density at radius 2 is 1.83 bits per heavy atom. The lowest BCUT2D eigenvalue weighted by atomic mass is 9.81. The lowest BCUT2D eigenvalue weighted by Crippen LogP contribution is -2.41. The van der Waals surface area contributed by atoms with Crippen LogP contribution in [-0.2, 0) is 20.7 Å². The summed E-state index contributed by atoms with van der Waals surface area (Å²) in [4.78, 5) is 39.7. The second-order valence-electron chi connectivity index (χ2n) is 7.55. The summed E-state index contributed by atoms with van der Waals surface area (Å²) in [6.45, 7) is 0.422. The van der Waals surface area contributed by atoms with Crippen LogP contribution in [0.5, 0.6) is 0 Å². The van der Waals surface area contributed by atoms with Gasteiger partial charge in [-0.15, -0.1) is 0 Å². The van der Waals surface area contributed by atoms with Crippen molar-refractivity contribution in [3.63, 3.8) is 0 Å². The van der Waals surface area contributed by atoms with E-state index in [0.717, 1.165) is 20.5 Å². The number of hydrogen-bond donors (Lipinski definition) is 0. The van der Waals surface area contributed by atoms with Gasteiger partial charge in [0.2, 0.25) is 5.91 Å². The second-order valence-corrected chi connectivity index (χ2v) is 8.47. The molecular weight excluding hydrogens is 438 g/mol. The molecule has 2 fully saturated rings. The summed E-state index contributed by atoms with van der Waals surface area (Å²) in [7, 11) is 0. The van der Waals surface area contributed by atoms with Crippen molar-refractivity contribution >= 4 is 33.7 Å². The Labute approximate surface area is 175 Å². The molecule has 6 nitrogen and oxygen atoms in total. The molecule has 5 rings (SSSR count).